The molecule has 0 amide bonds. The van der Waals surface area contributed by atoms with Crippen molar-refractivity contribution >= 4 is 34.8 Å². The summed E-state index contributed by atoms with van der Waals surface area (Å²) in [7, 11) is 1.60. The van der Waals surface area contributed by atoms with E-state index in [0.717, 1.165) is 11.1 Å². The second kappa shape index (κ2) is 7.34. The van der Waals surface area contributed by atoms with Crippen molar-refractivity contribution in [2.45, 2.75) is 12.5 Å². The van der Waals surface area contributed by atoms with Crippen molar-refractivity contribution in [2.24, 2.45) is 5.84 Å². The molecule has 6 heteroatoms. The number of methoxy groups -OCH3 is 1. The molecule has 0 saturated heterocycles. The van der Waals surface area contributed by atoms with Gasteiger partial charge < -0.3 is 4.74 Å². The molecule has 0 heterocycles. The van der Waals surface area contributed by atoms with Gasteiger partial charge in [-0.3, -0.25) is 11.3 Å². The van der Waals surface area contributed by atoms with E-state index in [1.165, 1.54) is 0 Å². The van der Waals surface area contributed by atoms with E-state index in [1.54, 1.807) is 25.3 Å². The van der Waals surface area contributed by atoms with E-state index in [9.17, 15) is 0 Å². The van der Waals surface area contributed by atoms with E-state index < -0.39 is 0 Å². The largest absolute Gasteiger partial charge is 0.496 e. The van der Waals surface area contributed by atoms with Crippen molar-refractivity contribution in [2.75, 3.05) is 7.11 Å². The lowest BCUT2D eigenvalue weighted by atomic mass is 9.98. The van der Waals surface area contributed by atoms with Crippen LogP contribution in [0.15, 0.2) is 36.4 Å². The molecule has 2 aromatic rings. The van der Waals surface area contributed by atoms with Gasteiger partial charge >= 0.3 is 0 Å². The lowest BCUT2D eigenvalue weighted by Crippen LogP contribution is -2.29. The summed E-state index contributed by atoms with van der Waals surface area (Å²) < 4.78 is 5.36. The van der Waals surface area contributed by atoms with E-state index >= 15 is 0 Å². The molecule has 112 valence electrons. The van der Waals surface area contributed by atoms with Gasteiger partial charge in [0.25, 0.3) is 0 Å². The molecule has 0 aromatic heterocycles. The lowest BCUT2D eigenvalue weighted by Gasteiger charge is -2.19. The van der Waals surface area contributed by atoms with Crippen molar-refractivity contribution in [3.8, 4) is 5.75 Å². The molecular formula is C15H15Cl3N2O. The molecule has 2 aromatic carbocycles. The number of hydrogen-bond acceptors (Lipinski definition) is 3. The van der Waals surface area contributed by atoms with Crippen molar-refractivity contribution in [1.82, 2.24) is 5.43 Å². The summed E-state index contributed by atoms with van der Waals surface area (Å²) in [5, 5.41) is 1.66. The highest BCUT2D eigenvalue weighted by Gasteiger charge is 2.16. The molecule has 1 unspecified atom stereocenters. The number of ether oxygens (including phenoxy) is 1. The third kappa shape index (κ3) is 4.02. The second-order valence-electron chi connectivity index (χ2n) is 4.56. The van der Waals surface area contributed by atoms with Crippen LogP contribution >= 0.6 is 34.8 Å². The zero-order valence-corrected chi connectivity index (χ0v) is 13.6. The van der Waals surface area contributed by atoms with Gasteiger partial charge in [-0.1, -0.05) is 46.9 Å². The molecule has 0 aliphatic heterocycles. The number of nitrogens with two attached hydrogens (primary N) is 1. The molecule has 0 fully saturated rings. The maximum Gasteiger partial charge on any atom is 0.125 e. The summed E-state index contributed by atoms with van der Waals surface area (Å²) in [6, 6.07) is 10.8. The fourth-order valence-electron chi connectivity index (χ4n) is 2.13. The molecule has 3 nitrogen and oxygen atoms in total. The summed E-state index contributed by atoms with van der Waals surface area (Å²) in [5.74, 6) is 6.37. The Bertz CT molecular complexity index is 634. The Kier molecular flexibility index (Phi) is 5.73. The number of hydrogen-bond donors (Lipinski definition) is 2. The van der Waals surface area contributed by atoms with Crippen LogP contribution in [0.2, 0.25) is 15.1 Å². The minimum absolute atomic E-state index is 0.130. The molecule has 0 aliphatic rings. The monoisotopic (exact) mass is 344 g/mol. The van der Waals surface area contributed by atoms with Gasteiger partial charge in [-0.25, -0.2) is 0 Å². The van der Waals surface area contributed by atoms with E-state index in [1.807, 2.05) is 18.2 Å². The minimum Gasteiger partial charge on any atom is -0.496 e. The summed E-state index contributed by atoms with van der Waals surface area (Å²) in [6.45, 7) is 0. The van der Waals surface area contributed by atoms with Crippen LogP contribution in [-0.4, -0.2) is 7.11 Å². The van der Waals surface area contributed by atoms with Crippen molar-refractivity contribution < 1.29 is 4.74 Å². The summed E-state index contributed by atoms with van der Waals surface area (Å²) >= 11 is 17.9. The first kappa shape index (κ1) is 16.4. The Morgan fingerprint density at radius 3 is 2.48 bits per heavy atom. The SMILES string of the molecule is COc1cc(Cl)ccc1C(Cc1ccc(Cl)c(Cl)c1)NN. The number of nitrogens with one attached hydrogen (secondary N) is 1. The van der Waals surface area contributed by atoms with Gasteiger partial charge in [0, 0.05) is 10.6 Å². The summed E-state index contributed by atoms with van der Waals surface area (Å²) in [6.07, 6.45) is 0.644. The molecule has 0 bridgehead atoms. The van der Waals surface area contributed by atoms with Crippen molar-refractivity contribution in [3.63, 3.8) is 0 Å². The Morgan fingerprint density at radius 2 is 1.86 bits per heavy atom. The molecule has 0 spiro atoms. The van der Waals surface area contributed by atoms with Gasteiger partial charge in [-0.05, 0) is 36.2 Å². The molecule has 21 heavy (non-hydrogen) atoms. The molecule has 2 rings (SSSR count). The van der Waals surface area contributed by atoms with Crippen LogP contribution in [0.25, 0.3) is 0 Å². The number of hydrazine groups is 1. The maximum absolute atomic E-state index is 6.04. The normalized spacial score (nSPS) is 12.2. The van der Waals surface area contributed by atoms with Crippen LogP contribution in [0.3, 0.4) is 0 Å². The first-order valence-electron chi connectivity index (χ1n) is 6.28. The highest BCUT2D eigenvalue weighted by Crippen LogP contribution is 2.31. The number of rotatable bonds is 5. The van der Waals surface area contributed by atoms with Gasteiger partial charge in [0.1, 0.15) is 5.75 Å². The fraction of sp³-hybridized carbons (Fsp3) is 0.200. The standard InChI is InChI=1S/C15H15Cl3N2O/c1-21-15-8-10(16)3-4-11(15)14(20-19)7-9-2-5-12(17)13(18)6-9/h2-6,8,14,20H,7,19H2,1H3. The zero-order valence-electron chi connectivity index (χ0n) is 11.4. The van der Waals surface area contributed by atoms with Gasteiger partial charge in [0.2, 0.25) is 0 Å². The second-order valence-corrected chi connectivity index (χ2v) is 5.81. The van der Waals surface area contributed by atoms with E-state index in [2.05, 4.69) is 5.43 Å². The molecular weight excluding hydrogens is 331 g/mol. The third-order valence-electron chi connectivity index (χ3n) is 3.20. The Balaban J connectivity index is 2.29. The minimum atomic E-state index is -0.130. The van der Waals surface area contributed by atoms with Gasteiger partial charge in [0.15, 0.2) is 0 Å². The third-order valence-corrected chi connectivity index (χ3v) is 4.17. The van der Waals surface area contributed by atoms with Crippen LogP contribution < -0.4 is 16.0 Å². The molecule has 0 radical (unpaired) electrons. The predicted molar refractivity (Wildman–Crippen MR) is 88.2 cm³/mol. The molecule has 1 atom stereocenters. The van der Waals surface area contributed by atoms with Gasteiger partial charge in [-0.15, -0.1) is 0 Å². The molecule has 3 N–H and O–H groups in total. The average Bonchev–Trinajstić information content (AvgIpc) is 2.48. The molecule has 0 aliphatic carbocycles. The van der Waals surface area contributed by atoms with Crippen molar-refractivity contribution in [1.29, 1.82) is 0 Å². The number of halogens is 3. The smallest absolute Gasteiger partial charge is 0.125 e. The quantitative estimate of drug-likeness (QED) is 0.623. The lowest BCUT2D eigenvalue weighted by molar-refractivity contribution is 0.399. The van der Waals surface area contributed by atoms with Crippen LogP contribution in [0.5, 0.6) is 5.75 Å². The van der Waals surface area contributed by atoms with Crippen LogP contribution in [0.4, 0.5) is 0 Å². The Labute approximate surface area is 138 Å². The first-order chi connectivity index (χ1) is 10.0. The Morgan fingerprint density at radius 1 is 1.10 bits per heavy atom. The van der Waals surface area contributed by atoms with Gasteiger partial charge in [-0.2, -0.15) is 0 Å². The van der Waals surface area contributed by atoms with Crippen molar-refractivity contribution in [3.05, 3.63) is 62.6 Å². The highest BCUT2D eigenvalue weighted by molar-refractivity contribution is 6.42. The molecule has 0 saturated carbocycles. The average molecular weight is 346 g/mol. The topological polar surface area (TPSA) is 47.3 Å². The summed E-state index contributed by atoms with van der Waals surface area (Å²) in [5.41, 5.74) is 4.74. The predicted octanol–water partition coefficient (Wildman–Crippen LogP) is 4.40. The van der Waals surface area contributed by atoms with Crippen LogP contribution in [-0.2, 0) is 6.42 Å². The Hall–Kier alpha value is -0.970. The first-order valence-corrected chi connectivity index (χ1v) is 7.42. The van der Waals surface area contributed by atoms with Crippen LogP contribution in [0, 0.1) is 0 Å². The maximum atomic E-state index is 6.04. The zero-order chi connectivity index (χ0) is 15.4. The fourth-order valence-corrected chi connectivity index (χ4v) is 2.62. The number of benzene rings is 2. The highest BCUT2D eigenvalue weighted by atomic mass is 35.5. The van der Waals surface area contributed by atoms with E-state index in [-0.39, 0.29) is 6.04 Å². The van der Waals surface area contributed by atoms with E-state index in [0.29, 0.717) is 27.2 Å². The van der Waals surface area contributed by atoms with E-state index in [4.69, 9.17) is 45.4 Å². The van der Waals surface area contributed by atoms with Crippen LogP contribution in [0.1, 0.15) is 17.2 Å². The van der Waals surface area contributed by atoms with Gasteiger partial charge in [0.05, 0.1) is 23.2 Å². The summed E-state index contributed by atoms with van der Waals surface area (Å²) in [4.78, 5) is 0.